The fourth-order valence-electron chi connectivity index (χ4n) is 6.57. The Morgan fingerprint density at radius 2 is 0.672 bits per heavy atom. The van der Waals surface area contributed by atoms with Crippen molar-refractivity contribution >= 4 is 17.9 Å². The van der Waals surface area contributed by atoms with Gasteiger partial charge in [0.1, 0.15) is 13.2 Å². The summed E-state index contributed by atoms with van der Waals surface area (Å²) in [5, 5.41) is 0. The first-order valence-corrected chi connectivity index (χ1v) is 25.1. The predicted octanol–water partition coefficient (Wildman–Crippen LogP) is 16.4. The monoisotopic (exact) mass is 849 g/mol. The van der Waals surface area contributed by atoms with E-state index in [-0.39, 0.29) is 37.5 Å². The molecule has 0 amide bonds. The summed E-state index contributed by atoms with van der Waals surface area (Å²) in [5.74, 6) is -0.984. The smallest absolute Gasteiger partial charge is 0.306 e. The lowest BCUT2D eigenvalue weighted by atomic mass is 10.1. The SMILES string of the molecule is CC/C=C\C/C=C\C/C=C\C/C=C\C/C=C\CCCC(=O)OC[C@H](COC(=O)CCCCCCC/C=C\CCCCCCCC)OC(=O)CCCCCCC/C=C\CCCC. The van der Waals surface area contributed by atoms with Gasteiger partial charge in [0.25, 0.3) is 0 Å². The van der Waals surface area contributed by atoms with Crippen LogP contribution in [0.1, 0.15) is 226 Å². The summed E-state index contributed by atoms with van der Waals surface area (Å²) >= 11 is 0. The Labute approximate surface area is 375 Å². The average Bonchev–Trinajstić information content (AvgIpc) is 3.26. The molecule has 0 bridgehead atoms. The molecule has 0 unspecified atom stereocenters. The molecule has 0 aromatic rings. The molecule has 0 saturated carbocycles. The van der Waals surface area contributed by atoms with E-state index < -0.39 is 6.10 Å². The van der Waals surface area contributed by atoms with Crippen LogP contribution in [0, 0.1) is 0 Å². The van der Waals surface area contributed by atoms with Crippen molar-refractivity contribution in [2.24, 2.45) is 0 Å². The molecule has 1 atom stereocenters. The predicted molar refractivity (Wildman–Crippen MR) is 261 cm³/mol. The van der Waals surface area contributed by atoms with E-state index in [9.17, 15) is 14.4 Å². The summed E-state index contributed by atoms with van der Waals surface area (Å²) in [6.07, 6.45) is 62.8. The van der Waals surface area contributed by atoms with Gasteiger partial charge in [0, 0.05) is 19.3 Å². The van der Waals surface area contributed by atoms with E-state index in [1.165, 1.54) is 83.5 Å². The minimum Gasteiger partial charge on any atom is -0.462 e. The number of rotatable bonds is 44. The molecule has 348 valence electrons. The molecule has 0 rings (SSSR count). The largest absolute Gasteiger partial charge is 0.462 e. The van der Waals surface area contributed by atoms with Crippen LogP contribution in [0.5, 0.6) is 0 Å². The van der Waals surface area contributed by atoms with Gasteiger partial charge in [-0.25, -0.2) is 0 Å². The van der Waals surface area contributed by atoms with Gasteiger partial charge in [0.2, 0.25) is 0 Å². The molecule has 0 aliphatic rings. The molecule has 0 saturated heterocycles. The number of hydrogen-bond donors (Lipinski definition) is 0. The van der Waals surface area contributed by atoms with Gasteiger partial charge in [-0.1, -0.05) is 189 Å². The molecule has 0 radical (unpaired) electrons. The Balaban J connectivity index is 4.47. The number of allylic oxidation sites excluding steroid dienone is 14. The highest BCUT2D eigenvalue weighted by Crippen LogP contribution is 2.13. The Hall–Kier alpha value is -3.41. The van der Waals surface area contributed by atoms with Crippen LogP contribution < -0.4 is 0 Å². The molecule has 0 aliphatic carbocycles. The highest BCUT2D eigenvalue weighted by Gasteiger charge is 2.19. The maximum absolute atomic E-state index is 12.7. The van der Waals surface area contributed by atoms with Gasteiger partial charge >= 0.3 is 17.9 Å². The third kappa shape index (κ3) is 47.5. The van der Waals surface area contributed by atoms with Gasteiger partial charge < -0.3 is 14.2 Å². The molecule has 0 aromatic heterocycles. The minimum atomic E-state index is -0.806. The van der Waals surface area contributed by atoms with Gasteiger partial charge in [0.15, 0.2) is 6.10 Å². The number of unbranched alkanes of at least 4 members (excludes halogenated alkanes) is 19. The van der Waals surface area contributed by atoms with Crippen molar-refractivity contribution in [3.8, 4) is 0 Å². The molecule has 0 fully saturated rings. The lowest BCUT2D eigenvalue weighted by molar-refractivity contribution is -0.167. The minimum absolute atomic E-state index is 0.102. The summed E-state index contributed by atoms with van der Waals surface area (Å²) < 4.78 is 16.7. The summed E-state index contributed by atoms with van der Waals surface area (Å²) in [6, 6.07) is 0. The summed E-state index contributed by atoms with van der Waals surface area (Å²) in [6.45, 7) is 6.40. The van der Waals surface area contributed by atoms with Crippen molar-refractivity contribution in [2.45, 2.75) is 232 Å². The van der Waals surface area contributed by atoms with E-state index in [0.29, 0.717) is 19.3 Å². The lowest BCUT2D eigenvalue weighted by Gasteiger charge is -2.18. The highest BCUT2D eigenvalue weighted by molar-refractivity contribution is 5.71. The highest BCUT2D eigenvalue weighted by atomic mass is 16.6. The van der Waals surface area contributed by atoms with Gasteiger partial charge in [-0.15, -0.1) is 0 Å². The molecule has 0 heterocycles. The molecule has 0 aliphatic heterocycles. The third-order valence-corrected chi connectivity index (χ3v) is 10.4. The van der Waals surface area contributed by atoms with E-state index in [1.54, 1.807) is 0 Å². The summed E-state index contributed by atoms with van der Waals surface area (Å²) in [4.78, 5) is 37.9. The van der Waals surface area contributed by atoms with Gasteiger partial charge in [0.05, 0.1) is 0 Å². The maximum Gasteiger partial charge on any atom is 0.306 e. The molecule has 6 heteroatoms. The van der Waals surface area contributed by atoms with Crippen molar-refractivity contribution in [2.75, 3.05) is 13.2 Å². The van der Waals surface area contributed by atoms with Crippen molar-refractivity contribution < 1.29 is 28.6 Å². The second-order valence-electron chi connectivity index (χ2n) is 16.3. The first-order chi connectivity index (χ1) is 30.0. The van der Waals surface area contributed by atoms with Crippen molar-refractivity contribution in [3.63, 3.8) is 0 Å². The van der Waals surface area contributed by atoms with Crippen LogP contribution in [0.4, 0.5) is 0 Å². The van der Waals surface area contributed by atoms with Crippen molar-refractivity contribution in [1.29, 1.82) is 0 Å². The van der Waals surface area contributed by atoms with Crippen LogP contribution in [0.15, 0.2) is 85.1 Å². The van der Waals surface area contributed by atoms with E-state index in [1.807, 2.05) is 0 Å². The molecule has 61 heavy (non-hydrogen) atoms. The zero-order valence-electron chi connectivity index (χ0n) is 39.7. The molecule has 0 spiro atoms. The molecule has 0 N–H and O–H groups in total. The number of carbonyl (C=O) groups excluding carboxylic acids is 3. The third-order valence-electron chi connectivity index (χ3n) is 10.4. The standard InChI is InChI=1S/C55H92O6/c1-4-7-10-13-16-19-22-24-26-27-29-31-34-36-39-42-45-48-54(57)60-51-52(61-55(58)49-46-43-40-37-32-21-18-15-12-9-6-3)50-59-53(56)47-44-41-38-35-33-30-28-25-23-20-17-14-11-8-5-2/h7,10,15-16,18-19,24-26,28-29,31,36,39,52H,4-6,8-9,11-14,17,20-23,27,30,32-35,37-38,40-51H2,1-3H3/b10-7-,18-15-,19-16-,26-24-,28-25-,31-29-,39-36-/t52-/m0/s1. The molecular formula is C55H92O6. The Bertz CT molecular complexity index is 1200. The second-order valence-corrected chi connectivity index (χ2v) is 16.3. The Morgan fingerprint density at radius 3 is 1.13 bits per heavy atom. The van der Waals surface area contributed by atoms with Gasteiger partial charge in [-0.05, 0) is 103 Å². The Kier molecular flexibility index (Phi) is 46.5. The summed E-state index contributed by atoms with van der Waals surface area (Å²) in [5.41, 5.74) is 0. The van der Waals surface area contributed by atoms with Crippen molar-refractivity contribution in [1.82, 2.24) is 0 Å². The van der Waals surface area contributed by atoms with Crippen LogP contribution in [0.25, 0.3) is 0 Å². The van der Waals surface area contributed by atoms with E-state index in [2.05, 4.69) is 106 Å². The zero-order chi connectivity index (χ0) is 44.4. The van der Waals surface area contributed by atoms with Crippen LogP contribution in [0.3, 0.4) is 0 Å². The lowest BCUT2D eigenvalue weighted by Crippen LogP contribution is -2.30. The molecule has 0 aromatic carbocycles. The second kappa shape index (κ2) is 49.2. The maximum atomic E-state index is 12.7. The first kappa shape index (κ1) is 57.6. The Morgan fingerprint density at radius 1 is 0.344 bits per heavy atom. The topological polar surface area (TPSA) is 78.9 Å². The van der Waals surface area contributed by atoms with E-state index in [0.717, 1.165) is 96.3 Å². The first-order valence-electron chi connectivity index (χ1n) is 25.1. The van der Waals surface area contributed by atoms with E-state index in [4.69, 9.17) is 14.2 Å². The fourth-order valence-corrected chi connectivity index (χ4v) is 6.57. The van der Waals surface area contributed by atoms with Crippen LogP contribution in [0.2, 0.25) is 0 Å². The van der Waals surface area contributed by atoms with Crippen molar-refractivity contribution in [3.05, 3.63) is 85.1 Å². The number of ether oxygens (including phenoxy) is 3. The number of hydrogen-bond acceptors (Lipinski definition) is 6. The number of carbonyl (C=O) groups is 3. The average molecular weight is 849 g/mol. The van der Waals surface area contributed by atoms with Gasteiger partial charge in [-0.3, -0.25) is 14.4 Å². The molecular weight excluding hydrogens is 757 g/mol. The zero-order valence-corrected chi connectivity index (χ0v) is 39.7. The molecule has 6 nitrogen and oxygen atoms in total. The van der Waals surface area contributed by atoms with Crippen LogP contribution in [-0.4, -0.2) is 37.2 Å². The fraction of sp³-hybridized carbons (Fsp3) is 0.691. The van der Waals surface area contributed by atoms with Crippen LogP contribution in [-0.2, 0) is 28.6 Å². The van der Waals surface area contributed by atoms with E-state index >= 15 is 0 Å². The normalized spacial score (nSPS) is 12.8. The van der Waals surface area contributed by atoms with Crippen LogP contribution >= 0.6 is 0 Å². The number of esters is 3. The van der Waals surface area contributed by atoms with Gasteiger partial charge in [-0.2, -0.15) is 0 Å². The summed E-state index contributed by atoms with van der Waals surface area (Å²) in [7, 11) is 0. The quantitative estimate of drug-likeness (QED) is 0.0263.